The molecule has 1 aromatic heterocycles. The van der Waals surface area contributed by atoms with Crippen molar-refractivity contribution in [2.24, 2.45) is 0 Å². The van der Waals surface area contributed by atoms with Crippen LogP contribution in [0.5, 0.6) is 0 Å². The summed E-state index contributed by atoms with van der Waals surface area (Å²) in [5.74, 6) is -1.24. The molecule has 21 heavy (non-hydrogen) atoms. The van der Waals surface area contributed by atoms with Gasteiger partial charge in [-0.05, 0) is 24.1 Å². The van der Waals surface area contributed by atoms with Gasteiger partial charge in [0.1, 0.15) is 16.9 Å². The van der Waals surface area contributed by atoms with Gasteiger partial charge in [0.2, 0.25) is 0 Å². The van der Waals surface area contributed by atoms with Gasteiger partial charge in [-0.3, -0.25) is 9.69 Å². The molecule has 2 heterocycles. The van der Waals surface area contributed by atoms with Crippen LogP contribution < -0.4 is 0 Å². The minimum atomic E-state index is -0.919. The molecule has 0 radical (unpaired) electrons. The molecule has 0 spiro atoms. The summed E-state index contributed by atoms with van der Waals surface area (Å²) in [5, 5.41) is 10.3. The number of aromatic nitrogens is 1. The van der Waals surface area contributed by atoms with Crippen LogP contribution in [-0.4, -0.2) is 27.0 Å². The molecule has 6 heteroatoms. The Hall–Kier alpha value is -1.79. The fraction of sp³-hybridized carbons (Fsp3) is 0.333. The summed E-state index contributed by atoms with van der Waals surface area (Å²) in [6, 6.07) is 4.20. The van der Waals surface area contributed by atoms with E-state index in [1.54, 1.807) is 23.6 Å². The van der Waals surface area contributed by atoms with Crippen molar-refractivity contribution in [3.63, 3.8) is 0 Å². The quantitative estimate of drug-likeness (QED) is 0.947. The number of aryl methyl sites for hydroxylation is 1. The largest absolute Gasteiger partial charge is 0.480 e. The van der Waals surface area contributed by atoms with Gasteiger partial charge in [0.15, 0.2) is 0 Å². The van der Waals surface area contributed by atoms with Crippen molar-refractivity contribution in [1.82, 2.24) is 9.88 Å². The first-order valence-corrected chi connectivity index (χ1v) is 7.50. The molecular weight excluding hydrogens is 291 g/mol. The number of fused-ring (bicyclic) bond motifs is 1. The van der Waals surface area contributed by atoms with Gasteiger partial charge in [-0.15, -0.1) is 11.3 Å². The maximum Gasteiger partial charge on any atom is 0.321 e. The number of rotatable bonds is 3. The van der Waals surface area contributed by atoms with Crippen molar-refractivity contribution in [3.8, 4) is 0 Å². The number of hydrogen-bond acceptors (Lipinski definition) is 4. The summed E-state index contributed by atoms with van der Waals surface area (Å²) in [7, 11) is 0. The number of benzene rings is 1. The molecule has 3 rings (SSSR count). The van der Waals surface area contributed by atoms with Crippen molar-refractivity contribution in [2.45, 2.75) is 32.5 Å². The first-order chi connectivity index (χ1) is 10.0. The molecule has 0 fully saturated rings. The lowest BCUT2D eigenvalue weighted by atomic mass is 9.93. The second kappa shape index (κ2) is 5.54. The van der Waals surface area contributed by atoms with Crippen LogP contribution >= 0.6 is 11.3 Å². The van der Waals surface area contributed by atoms with Crippen LogP contribution in [0.15, 0.2) is 24.4 Å². The third kappa shape index (κ3) is 2.82. The molecule has 1 N–H and O–H groups in total. The van der Waals surface area contributed by atoms with Crippen molar-refractivity contribution < 1.29 is 14.3 Å². The summed E-state index contributed by atoms with van der Waals surface area (Å²) < 4.78 is 13.8. The number of hydrogen-bond donors (Lipinski definition) is 1. The van der Waals surface area contributed by atoms with Crippen molar-refractivity contribution in [2.75, 3.05) is 0 Å². The van der Waals surface area contributed by atoms with E-state index in [4.69, 9.17) is 0 Å². The second-order valence-electron chi connectivity index (χ2n) is 5.21. The van der Waals surface area contributed by atoms with Gasteiger partial charge >= 0.3 is 5.97 Å². The average molecular weight is 306 g/mol. The highest BCUT2D eigenvalue weighted by Gasteiger charge is 2.33. The molecule has 110 valence electrons. The third-order valence-electron chi connectivity index (χ3n) is 3.72. The predicted octanol–water partition coefficient (Wildman–Crippen LogP) is 2.60. The molecule has 1 aromatic carbocycles. The second-order valence-corrected chi connectivity index (χ2v) is 6.52. The van der Waals surface area contributed by atoms with Gasteiger partial charge in [-0.25, -0.2) is 9.37 Å². The first kappa shape index (κ1) is 14.2. The van der Waals surface area contributed by atoms with Gasteiger partial charge in [0.25, 0.3) is 0 Å². The van der Waals surface area contributed by atoms with Gasteiger partial charge in [0.05, 0.1) is 6.54 Å². The number of aliphatic carboxylic acids is 1. The monoisotopic (exact) mass is 306 g/mol. The normalized spacial score (nSPS) is 18.5. The van der Waals surface area contributed by atoms with Crippen LogP contribution in [0.3, 0.4) is 0 Å². The SMILES string of the molecule is Cc1cnc(CN2Cc3cccc(F)c3CC2C(=O)O)s1. The summed E-state index contributed by atoms with van der Waals surface area (Å²) in [6.07, 6.45) is 1.98. The average Bonchev–Trinajstić information content (AvgIpc) is 2.83. The number of halogens is 1. The van der Waals surface area contributed by atoms with E-state index in [2.05, 4.69) is 4.98 Å². The molecule has 1 atom stereocenters. The van der Waals surface area contributed by atoms with E-state index in [-0.39, 0.29) is 12.2 Å². The highest BCUT2D eigenvalue weighted by molar-refractivity contribution is 7.11. The molecule has 1 aliphatic rings. The van der Waals surface area contributed by atoms with Crippen LogP contribution in [0.1, 0.15) is 21.0 Å². The van der Waals surface area contributed by atoms with E-state index in [1.165, 1.54) is 6.07 Å². The maximum atomic E-state index is 13.8. The fourth-order valence-electron chi connectivity index (χ4n) is 2.69. The zero-order chi connectivity index (χ0) is 15.0. The molecule has 2 aromatic rings. The number of carboxylic acids is 1. The highest BCUT2D eigenvalue weighted by atomic mass is 32.1. The molecule has 0 aliphatic carbocycles. The number of thiazole rings is 1. The van der Waals surface area contributed by atoms with E-state index in [1.807, 2.05) is 17.9 Å². The lowest BCUT2D eigenvalue weighted by Crippen LogP contribution is -2.45. The van der Waals surface area contributed by atoms with Crippen LogP contribution in [0.2, 0.25) is 0 Å². The molecule has 0 bridgehead atoms. The van der Waals surface area contributed by atoms with Crippen LogP contribution in [0.25, 0.3) is 0 Å². The zero-order valence-electron chi connectivity index (χ0n) is 11.5. The van der Waals surface area contributed by atoms with Crippen LogP contribution in [-0.2, 0) is 24.3 Å². The topological polar surface area (TPSA) is 53.4 Å². The molecule has 1 aliphatic heterocycles. The standard InChI is InChI=1S/C15H15FN2O2S/c1-9-6-17-14(21-9)8-18-7-10-3-2-4-12(16)11(10)5-13(18)15(19)20/h2-4,6,13H,5,7-8H2,1H3,(H,19,20). The Morgan fingerprint density at radius 3 is 3.05 bits per heavy atom. The van der Waals surface area contributed by atoms with Gasteiger partial charge in [-0.2, -0.15) is 0 Å². The summed E-state index contributed by atoms with van der Waals surface area (Å²) >= 11 is 1.56. The Morgan fingerprint density at radius 1 is 1.57 bits per heavy atom. The Balaban J connectivity index is 1.90. The van der Waals surface area contributed by atoms with Crippen molar-refractivity contribution in [3.05, 3.63) is 51.2 Å². The number of carboxylic acid groups (broad SMARTS) is 1. The minimum absolute atomic E-state index is 0.196. The van der Waals surface area contributed by atoms with Crippen LogP contribution in [0.4, 0.5) is 4.39 Å². The number of carbonyl (C=O) groups is 1. The van der Waals surface area contributed by atoms with Crippen LogP contribution in [0, 0.1) is 12.7 Å². The van der Waals surface area contributed by atoms with E-state index in [9.17, 15) is 14.3 Å². The molecule has 0 saturated heterocycles. The zero-order valence-corrected chi connectivity index (χ0v) is 12.4. The Morgan fingerprint density at radius 2 is 2.38 bits per heavy atom. The molecule has 4 nitrogen and oxygen atoms in total. The number of nitrogens with zero attached hydrogens (tertiary/aromatic N) is 2. The van der Waals surface area contributed by atoms with E-state index < -0.39 is 12.0 Å². The summed E-state index contributed by atoms with van der Waals surface area (Å²) in [5.41, 5.74) is 1.39. The Bertz CT molecular complexity index is 686. The summed E-state index contributed by atoms with van der Waals surface area (Å²) in [6.45, 7) is 2.88. The Kier molecular flexibility index (Phi) is 3.73. The molecule has 1 unspecified atom stereocenters. The molecular formula is C15H15FN2O2S. The van der Waals surface area contributed by atoms with Gasteiger partial charge in [0, 0.05) is 24.0 Å². The van der Waals surface area contributed by atoms with E-state index in [0.717, 1.165) is 15.4 Å². The van der Waals surface area contributed by atoms with Crippen molar-refractivity contribution >= 4 is 17.3 Å². The molecule has 0 saturated carbocycles. The van der Waals surface area contributed by atoms with Crippen molar-refractivity contribution in [1.29, 1.82) is 0 Å². The Labute approximate surface area is 125 Å². The van der Waals surface area contributed by atoms with Gasteiger partial charge in [-0.1, -0.05) is 12.1 Å². The lowest BCUT2D eigenvalue weighted by molar-refractivity contribution is -0.144. The van der Waals surface area contributed by atoms with E-state index in [0.29, 0.717) is 18.7 Å². The molecule has 0 amide bonds. The minimum Gasteiger partial charge on any atom is -0.480 e. The highest BCUT2D eigenvalue weighted by Crippen LogP contribution is 2.27. The fourth-order valence-corrected chi connectivity index (χ4v) is 3.50. The lowest BCUT2D eigenvalue weighted by Gasteiger charge is -2.33. The van der Waals surface area contributed by atoms with Gasteiger partial charge < -0.3 is 5.11 Å². The first-order valence-electron chi connectivity index (χ1n) is 6.69. The maximum absolute atomic E-state index is 13.8. The summed E-state index contributed by atoms with van der Waals surface area (Å²) in [4.78, 5) is 18.7. The smallest absolute Gasteiger partial charge is 0.321 e. The third-order valence-corrected chi connectivity index (χ3v) is 4.62. The van der Waals surface area contributed by atoms with E-state index >= 15 is 0 Å². The predicted molar refractivity (Wildman–Crippen MR) is 77.6 cm³/mol.